The van der Waals surface area contributed by atoms with Gasteiger partial charge >= 0.3 is 0 Å². The van der Waals surface area contributed by atoms with Crippen molar-refractivity contribution in [3.8, 4) is 17.1 Å². The van der Waals surface area contributed by atoms with Crippen LogP contribution in [0.1, 0.15) is 0 Å². The fourth-order valence-electron chi connectivity index (χ4n) is 2.47. The highest BCUT2D eigenvalue weighted by atomic mass is 19.1. The minimum Gasteiger partial charge on any atom is -0.382 e. The lowest BCUT2D eigenvalue weighted by Gasteiger charge is -2.08. The van der Waals surface area contributed by atoms with Crippen LogP contribution in [-0.4, -0.2) is 24.5 Å². The Morgan fingerprint density at radius 3 is 2.65 bits per heavy atom. The predicted octanol–water partition coefficient (Wildman–Crippen LogP) is 2.60. The Morgan fingerprint density at radius 1 is 1.04 bits per heavy atom. The molecule has 112 valence electrons. The minimum atomic E-state index is -0.338. The molecule has 1 aromatic carbocycles. The van der Waals surface area contributed by atoms with E-state index in [1.54, 1.807) is 24.5 Å². The molecule has 3 aromatic heterocycles. The first-order valence-electron chi connectivity index (χ1n) is 6.89. The molecule has 0 atom stereocenters. The van der Waals surface area contributed by atoms with Crippen LogP contribution in [0.5, 0.6) is 0 Å². The average molecular weight is 306 g/mol. The Hall–Kier alpha value is -3.35. The van der Waals surface area contributed by atoms with Gasteiger partial charge < -0.3 is 5.73 Å². The van der Waals surface area contributed by atoms with Crippen LogP contribution in [0, 0.1) is 5.82 Å². The SMILES string of the molecule is Nc1ncnc2c1nc(-c1cccc(F)c1)n2-c1ccncc1. The lowest BCUT2D eigenvalue weighted by molar-refractivity contribution is 0.628. The normalized spacial score (nSPS) is 11.0. The standard InChI is InChI=1S/C16H11FN6/c17-11-3-1-2-10(8-11)15-22-13-14(18)20-9-21-16(13)23(15)12-4-6-19-7-5-12/h1-9H,(H2,18,20,21). The van der Waals surface area contributed by atoms with Gasteiger partial charge in [0.15, 0.2) is 17.0 Å². The van der Waals surface area contributed by atoms with Crippen molar-refractivity contribution < 1.29 is 4.39 Å². The second-order valence-electron chi connectivity index (χ2n) is 4.92. The molecule has 0 saturated carbocycles. The Bertz CT molecular complexity index is 996. The first kappa shape index (κ1) is 13.3. The third-order valence-corrected chi connectivity index (χ3v) is 3.48. The third-order valence-electron chi connectivity index (χ3n) is 3.48. The van der Waals surface area contributed by atoms with E-state index in [0.29, 0.717) is 22.6 Å². The fraction of sp³-hybridized carbons (Fsp3) is 0. The molecule has 0 saturated heterocycles. The van der Waals surface area contributed by atoms with Gasteiger partial charge in [-0.25, -0.2) is 19.3 Å². The number of halogens is 1. The molecule has 0 aliphatic carbocycles. The number of benzene rings is 1. The number of hydrogen-bond acceptors (Lipinski definition) is 5. The maximum absolute atomic E-state index is 13.6. The van der Waals surface area contributed by atoms with Crippen LogP contribution in [0.2, 0.25) is 0 Å². The van der Waals surface area contributed by atoms with Crippen molar-refractivity contribution in [1.29, 1.82) is 0 Å². The van der Waals surface area contributed by atoms with Gasteiger partial charge in [-0.3, -0.25) is 9.55 Å². The molecule has 4 rings (SSSR count). The van der Waals surface area contributed by atoms with Crippen LogP contribution in [0.4, 0.5) is 10.2 Å². The molecule has 0 unspecified atom stereocenters. The Labute approximate surface area is 130 Å². The van der Waals surface area contributed by atoms with E-state index < -0.39 is 0 Å². The summed E-state index contributed by atoms with van der Waals surface area (Å²) in [6, 6.07) is 9.87. The van der Waals surface area contributed by atoms with Crippen LogP contribution in [0.25, 0.3) is 28.2 Å². The zero-order chi connectivity index (χ0) is 15.8. The van der Waals surface area contributed by atoms with Gasteiger partial charge in [0.1, 0.15) is 18.0 Å². The summed E-state index contributed by atoms with van der Waals surface area (Å²) in [7, 11) is 0. The second-order valence-corrected chi connectivity index (χ2v) is 4.92. The zero-order valence-corrected chi connectivity index (χ0v) is 11.9. The van der Waals surface area contributed by atoms with Gasteiger partial charge in [-0.15, -0.1) is 0 Å². The van der Waals surface area contributed by atoms with Crippen molar-refractivity contribution in [3.05, 3.63) is 60.9 Å². The van der Waals surface area contributed by atoms with Gasteiger partial charge in [-0.05, 0) is 24.3 Å². The summed E-state index contributed by atoms with van der Waals surface area (Å²) in [6.07, 6.45) is 4.72. The summed E-state index contributed by atoms with van der Waals surface area (Å²) >= 11 is 0. The van der Waals surface area contributed by atoms with Crippen LogP contribution >= 0.6 is 0 Å². The molecule has 7 heteroatoms. The van der Waals surface area contributed by atoms with Gasteiger partial charge in [-0.2, -0.15) is 0 Å². The Kier molecular flexibility index (Phi) is 2.97. The highest BCUT2D eigenvalue weighted by Gasteiger charge is 2.17. The van der Waals surface area contributed by atoms with E-state index in [2.05, 4.69) is 19.9 Å². The van der Waals surface area contributed by atoms with Crippen LogP contribution in [-0.2, 0) is 0 Å². The third kappa shape index (κ3) is 2.18. The highest BCUT2D eigenvalue weighted by Crippen LogP contribution is 2.29. The largest absolute Gasteiger partial charge is 0.382 e. The van der Waals surface area contributed by atoms with E-state index in [9.17, 15) is 4.39 Å². The molecule has 0 radical (unpaired) electrons. The number of pyridine rings is 1. The van der Waals surface area contributed by atoms with Gasteiger partial charge in [0, 0.05) is 18.0 Å². The first-order chi connectivity index (χ1) is 11.2. The monoisotopic (exact) mass is 306 g/mol. The quantitative estimate of drug-likeness (QED) is 0.615. The second kappa shape index (κ2) is 5.13. The molecule has 2 N–H and O–H groups in total. The lowest BCUT2D eigenvalue weighted by Crippen LogP contribution is -1.99. The topological polar surface area (TPSA) is 82.5 Å². The van der Waals surface area contributed by atoms with Crippen molar-refractivity contribution >= 4 is 17.0 Å². The molecular formula is C16H11FN6. The molecule has 23 heavy (non-hydrogen) atoms. The molecule has 0 amide bonds. The lowest BCUT2D eigenvalue weighted by atomic mass is 10.2. The number of nitrogens with two attached hydrogens (primary N) is 1. The van der Waals surface area contributed by atoms with E-state index in [4.69, 9.17) is 5.73 Å². The summed E-state index contributed by atoms with van der Waals surface area (Å²) < 4.78 is 15.4. The van der Waals surface area contributed by atoms with Crippen LogP contribution < -0.4 is 5.73 Å². The number of anilines is 1. The van der Waals surface area contributed by atoms with E-state index >= 15 is 0 Å². The van der Waals surface area contributed by atoms with Crippen molar-refractivity contribution in [2.45, 2.75) is 0 Å². The maximum Gasteiger partial charge on any atom is 0.170 e. The molecular weight excluding hydrogens is 295 g/mol. The van der Waals surface area contributed by atoms with Gasteiger partial charge in [0.2, 0.25) is 0 Å². The van der Waals surface area contributed by atoms with Crippen molar-refractivity contribution in [2.24, 2.45) is 0 Å². The van der Waals surface area contributed by atoms with Crippen molar-refractivity contribution in [2.75, 3.05) is 5.73 Å². The minimum absolute atomic E-state index is 0.278. The molecule has 0 fully saturated rings. The summed E-state index contributed by atoms with van der Waals surface area (Å²) in [4.78, 5) is 16.8. The van der Waals surface area contributed by atoms with Crippen molar-refractivity contribution in [3.63, 3.8) is 0 Å². The molecule has 0 aliphatic rings. The number of nitrogens with zero attached hydrogens (tertiary/aromatic N) is 5. The van der Waals surface area contributed by atoms with Crippen LogP contribution in [0.3, 0.4) is 0 Å². The van der Waals surface area contributed by atoms with Crippen molar-refractivity contribution in [1.82, 2.24) is 24.5 Å². The number of aromatic nitrogens is 5. The average Bonchev–Trinajstić information content (AvgIpc) is 2.97. The molecule has 0 bridgehead atoms. The zero-order valence-electron chi connectivity index (χ0n) is 11.9. The summed E-state index contributed by atoms with van der Waals surface area (Å²) in [5.41, 5.74) is 8.37. The fourth-order valence-corrected chi connectivity index (χ4v) is 2.47. The first-order valence-corrected chi connectivity index (χ1v) is 6.89. The van der Waals surface area contributed by atoms with E-state index in [1.807, 2.05) is 16.7 Å². The smallest absolute Gasteiger partial charge is 0.170 e. The summed E-state index contributed by atoms with van der Waals surface area (Å²) in [5.74, 6) is 0.480. The maximum atomic E-state index is 13.6. The number of hydrogen-bond donors (Lipinski definition) is 1. The van der Waals surface area contributed by atoms with E-state index in [0.717, 1.165) is 5.69 Å². The molecule has 6 nitrogen and oxygen atoms in total. The summed E-state index contributed by atoms with van der Waals surface area (Å²) in [6.45, 7) is 0. The van der Waals surface area contributed by atoms with Gasteiger partial charge in [-0.1, -0.05) is 12.1 Å². The summed E-state index contributed by atoms with van der Waals surface area (Å²) in [5, 5.41) is 0. The highest BCUT2D eigenvalue weighted by molar-refractivity contribution is 5.87. The van der Waals surface area contributed by atoms with Gasteiger partial charge in [0.25, 0.3) is 0 Å². The molecule has 0 aliphatic heterocycles. The predicted molar refractivity (Wildman–Crippen MR) is 84.3 cm³/mol. The van der Waals surface area contributed by atoms with E-state index in [-0.39, 0.29) is 11.6 Å². The van der Waals surface area contributed by atoms with Gasteiger partial charge in [0.05, 0.1) is 5.69 Å². The van der Waals surface area contributed by atoms with E-state index in [1.165, 1.54) is 18.5 Å². The Morgan fingerprint density at radius 2 is 1.87 bits per heavy atom. The number of rotatable bonds is 2. The molecule has 3 heterocycles. The molecule has 4 aromatic rings. The Balaban J connectivity index is 2.09. The number of fused-ring (bicyclic) bond motifs is 1. The number of nitrogen functional groups attached to an aromatic ring is 1. The number of imidazole rings is 1. The molecule has 0 spiro atoms. The van der Waals surface area contributed by atoms with Crippen LogP contribution in [0.15, 0.2) is 55.1 Å².